The second kappa shape index (κ2) is 3.50. The van der Waals surface area contributed by atoms with Gasteiger partial charge in [-0.2, -0.15) is 0 Å². The number of aromatic nitrogens is 2. The first-order chi connectivity index (χ1) is 6.31. The maximum Gasteiger partial charge on any atom is 0.0950 e. The van der Waals surface area contributed by atoms with Gasteiger partial charge in [-0.15, -0.1) is 0 Å². The van der Waals surface area contributed by atoms with Crippen LogP contribution in [0.3, 0.4) is 0 Å². The summed E-state index contributed by atoms with van der Waals surface area (Å²) in [4.78, 5) is 4.19. The smallest absolute Gasteiger partial charge is 0.0950 e. The van der Waals surface area contributed by atoms with E-state index >= 15 is 0 Å². The van der Waals surface area contributed by atoms with Crippen LogP contribution in [0.4, 0.5) is 0 Å². The van der Waals surface area contributed by atoms with E-state index in [1.54, 1.807) is 0 Å². The zero-order chi connectivity index (χ0) is 9.26. The van der Waals surface area contributed by atoms with Crippen LogP contribution in [-0.4, -0.2) is 16.1 Å². The van der Waals surface area contributed by atoms with Gasteiger partial charge < -0.3 is 10.3 Å². The van der Waals surface area contributed by atoms with Gasteiger partial charge in [0, 0.05) is 17.9 Å². The summed E-state index contributed by atoms with van der Waals surface area (Å²) in [5.74, 6) is 0.564. The number of nitrogens with zero attached hydrogens (tertiary/aromatic N) is 2. The molecule has 3 heteroatoms. The van der Waals surface area contributed by atoms with Crippen LogP contribution < -0.4 is 5.73 Å². The van der Waals surface area contributed by atoms with Crippen molar-refractivity contribution in [1.29, 1.82) is 0 Å². The number of nitrogens with two attached hydrogens (primary N) is 1. The monoisotopic (exact) mass is 179 g/mol. The Morgan fingerprint density at radius 3 is 3.08 bits per heavy atom. The first kappa shape index (κ1) is 8.75. The van der Waals surface area contributed by atoms with Crippen LogP contribution >= 0.6 is 0 Å². The molecule has 1 saturated carbocycles. The van der Waals surface area contributed by atoms with Crippen molar-refractivity contribution in [2.45, 2.75) is 32.2 Å². The largest absolute Gasteiger partial charge is 0.332 e. The molecule has 2 rings (SSSR count). The normalized spacial score (nSPS) is 18.9. The molecule has 0 spiro atoms. The highest BCUT2D eigenvalue weighted by Crippen LogP contribution is 2.35. The summed E-state index contributed by atoms with van der Waals surface area (Å²) in [6.45, 7) is 2.94. The molecule has 0 bridgehead atoms. The minimum Gasteiger partial charge on any atom is -0.332 e. The lowest BCUT2D eigenvalue weighted by atomic mass is 10.1. The zero-order valence-electron chi connectivity index (χ0n) is 8.11. The highest BCUT2D eigenvalue weighted by atomic mass is 15.1. The maximum absolute atomic E-state index is 5.60. The second-order valence-electron chi connectivity index (χ2n) is 4.07. The molecule has 0 radical (unpaired) electrons. The maximum atomic E-state index is 5.60. The van der Waals surface area contributed by atoms with Crippen LogP contribution in [0, 0.1) is 5.92 Å². The first-order valence-corrected chi connectivity index (χ1v) is 5.02. The molecular weight excluding hydrogens is 162 g/mol. The van der Waals surface area contributed by atoms with Crippen LogP contribution in [0.5, 0.6) is 0 Å². The molecule has 1 aromatic heterocycles. The minimum atomic E-state index is 0.564. The van der Waals surface area contributed by atoms with Gasteiger partial charge in [-0.1, -0.05) is 6.92 Å². The number of imidazole rings is 1. The van der Waals surface area contributed by atoms with Crippen LogP contribution in [0.25, 0.3) is 0 Å². The van der Waals surface area contributed by atoms with Crippen LogP contribution in [0.2, 0.25) is 0 Å². The predicted octanol–water partition coefficient (Wildman–Crippen LogP) is 1.36. The van der Waals surface area contributed by atoms with Gasteiger partial charge in [-0.25, -0.2) is 4.98 Å². The van der Waals surface area contributed by atoms with E-state index in [4.69, 9.17) is 5.73 Å². The molecule has 0 saturated heterocycles. The van der Waals surface area contributed by atoms with Crippen LogP contribution in [0.15, 0.2) is 12.5 Å². The fourth-order valence-corrected chi connectivity index (χ4v) is 1.61. The van der Waals surface area contributed by atoms with E-state index in [1.165, 1.54) is 18.5 Å². The third-order valence-corrected chi connectivity index (χ3v) is 2.65. The highest BCUT2D eigenvalue weighted by Gasteiger charge is 2.25. The van der Waals surface area contributed by atoms with Gasteiger partial charge in [-0.3, -0.25) is 0 Å². The van der Waals surface area contributed by atoms with Crippen molar-refractivity contribution in [1.82, 2.24) is 9.55 Å². The quantitative estimate of drug-likeness (QED) is 0.758. The van der Waals surface area contributed by atoms with Crippen molar-refractivity contribution >= 4 is 0 Å². The van der Waals surface area contributed by atoms with Gasteiger partial charge in [0.1, 0.15) is 0 Å². The van der Waals surface area contributed by atoms with Crippen molar-refractivity contribution < 1.29 is 0 Å². The Balaban J connectivity index is 2.05. The van der Waals surface area contributed by atoms with Gasteiger partial charge in [0.2, 0.25) is 0 Å². The molecule has 3 nitrogen and oxygen atoms in total. The summed E-state index contributed by atoms with van der Waals surface area (Å²) in [6, 6.07) is 0.738. The molecule has 1 aliphatic carbocycles. The third-order valence-electron chi connectivity index (χ3n) is 2.65. The van der Waals surface area contributed by atoms with Crippen molar-refractivity contribution in [2.24, 2.45) is 11.7 Å². The molecule has 0 amide bonds. The Labute approximate surface area is 79.0 Å². The van der Waals surface area contributed by atoms with E-state index < -0.39 is 0 Å². The van der Waals surface area contributed by atoms with E-state index in [9.17, 15) is 0 Å². The Hall–Kier alpha value is -0.830. The molecule has 2 N–H and O–H groups in total. The highest BCUT2D eigenvalue weighted by molar-refractivity contribution is 5.04. The van der Waals surface area contributed by atoms with Crippen molar-refractivity contribution in [3.63, 3.8) is 0 Å². The summed E-state index contributed by atoms with van der Waals surface area (Å²) >= 11 is 0. The van der Waals surface area contributed by atoms with Crippen LogP contribution in [0.1, 0.15) is 31.5 Å². The summed E-state index contributed by atoms with van der Waals surface area (Å²) < 4.78 is 2.31. The van der Waals surface area contributed by atoms with Crippen LogP contribution in [-0.2, 0) is 6.42 Å². The number of hydrogen-bond acceptors (Lipinski definition) is 2. The standard InChI is InChI=1S/C10H17N3/c1-8(5-11)4-10-6-12-7-13(10)9-2-3-9/h6-9H,2-5,11H2,1H3. The molecule has 0 aromatic carbocycles. The average molecular weight is 179 g/mol. The lowest BCUT2D eigenvalue weighted by Gasteiger charge is -2.10. The molecule has 1 atom stereocenters. The molecular formula is C10H17N3. The molecule has 1 unspecified atom stereocenters. The van der Waals surface area contributed by atoms with E-state index in [1.807, 2.05) is 12.5 Å². The Bertz CT molecular complexity index is 275. The lowest BCUT2D eigenvalue weighted by Crippen LogP contribution is -2.15. The fraction of sp³-hybridized carbons (Fsp3) is 0.700. The van der Waals surface area contributed by atoms with Gasteiger partial charge in [0.25, 0.3) is 0 Å². The molecule has 13 heavy (non-hydrogen) atoms. The second-order valence-corrected chi connectivity index (χ2v) is 4.07. The Morgan fingerprint density at radius 2 is 2.46 bits per heavy atom. The zero-order valence-corrected chi connectivity index (χ0v) is 8.11. The first-order valence-electron chi connectivity index (χ1n) is 5.02. The summed E-state index contributed by atoms with van der Waals surface area (Å²) in [6.07, 6.45) is 7.63. The number of rotatable bonds is 4. The molecule has 1 fully saturated rings. The van der Waals surface area contributed by atoms with E-state index in [0.29, 0.717) is 5.92 Å². The summed E-state index contributed by atoms with van der Waals surface area (Å²) in [5.41, 5.74) is 6.95. The van der Waals surface area contributed by atoms with Gasteiger partial charge >= 0.3 is 0 Å². The summed E-state index contributed by atoms with van der Waals surface area (Å²) in [7, 11) is 0. The van der Waals surface area contributed by atoms with E-state index in [-0.39, 0.29) is 0 Å². The minimum absolute atomic E-state index is 0.564. The summed E-state index contributed by atoms with van der Waals surface area (Å²) in [5, 5.41) is 0. The molecule has 1 aromatic rings. The molecule has 72 valence electrons. The van der Waals surface area contributed by atoms with Gasteiger partial charge in [0.15, 0.2) is 0 Å². The number of hydrogen-bond donors (Lipinski definition) is 1. The third kappa shape index (κ3) is 1.91. The topological polar surface area (TPSA) is 43.8 Å². The molecule has 1 aliphatic rings. The Morgan fingerprint density at radius 1 is 1.69 bits per heavy atom. The molecule has 1 heterocycles. The lowest BCUT2D eigenvalue weighted by molar-refractivity contribution is 0.557. The van der Waals surface area contributed by atoms with E-state index in [0.717, 1.165) is 19.0 Å². The van der Waals surface area contributed by atoms with Gasteiger partial charge in [0.05, 0.1) is 6.33 Å². The predicted molar refractivity (Wildman–Crippen MR) is 52.4 cm³/mol. The fourth-order valence-electron chi connectivity index (χ4n) is 1.61. The SMILES string of the molecule is CC(CN)Cc1cncn1C1CC1. The van der Waals surface area contributed by atoms with Gasteiger partial charge in [-0.05, 0) is 31.7 Å². The van der Waals surface area contributed by atoms with E-state index in [2.05, 4.69) is 16.5 Å². The average Bonchev–Trinajstić information content (AvgIpc) is 2.88. The van der Waals surface area contributed by atoms with Crippen molar-refractivity contribution in [3.05, 3.63) is 18.2 Å². The molecule has 0 aliphatic heterocycles. The Kier molecular flexibility index (Phi) is 2.36. The van der Waals surface area contributed by atoms with Crippen molar-refractivity contribution in [2.75, 3.05) is 6.54 Å². The van der Waals surface area contributed by atoms with Crippen molar-refractivity contribution in [3.8, 4) is 0 Å².